The smallest absolute Gasteiger partial charge is 0.155 e. The Hall–Kier alpha value is -2.09. The minimum Gasteiger partial charge on any atom is -0.462 e. The van der Waals surface area contributed by atoms with Gasteiger partial charge in [0.05, 0.1) is 6.26 Å². The number of fused-ring (bicyclic) bond motifs is 1. The Morgan fingerprint density at radius 3 is 2.75 bits per heavy atom. The van der Waals surface area contributed by atoms with E-state index < -0.39 is 0 Å². The summed E-state index contributed by atoms with van der Waals surface area (Å²) < 4.78 is 5.46. The van der Waals surface area contributed by atoms with E-state index in [1.165, 1.54) is 11.1 Å². The predicted molar refractivity (Wildman–Crippen MR) is 63.3 cm³/mol. The van der Waals surface area contributed by atoms with Crippen LogP contribution in [0.25, 0.3) is 11.1 Å². The van der Waals surface area contributed by atoms with E-state index in [1.54, 1.807) is 6.26 Å². The predicted octanol–water partition coefficient (Wildman–Crippen LogP) is 3.42. The van der Waals surface area contributed by atoms with Gasteiger partial charge in [0.15, 0.2) is 5.58 Å². The van der Waals surface area contributed by atoms with Gasteiger partial charge in [-0.3, -0.25) is 4.98 Å². The van der Waals surface area contributed by atoms with Crippen LogP contribution in [0.3, 0.4) is 0 Å². The molecule has 0 saturated heterocycles. The maximum Gasteiger partial charge on any atom is 0.155 e. The van der Waals surface area contributed by atoms with E-state index in [2.05, 4.69) is 29.2 Å². The van der Waals surface area contributed by atoms with Gasteiger partial charge in [-0.1, -0.05) is 30.3 Å². The summed E-state index contributed by atoms with van der Waals surface area (Å²) in [6.07, 6.45) is 4.40. The summed E-state index contributed by atoms with van der Waals surface area (Å²) in [6.45, 7) is 0. The van der Waals surface area contributed by atoms with E-state index in [-0.39, 0.29) is 0 Å². The van der Waals surface area contributed by atoms with Gasteiger partial charge in [-0.15, -0.1) is 0 Å². The molecule has 0 amide bonds. The molecule has 0 spiro atoms. The number of rotatable bonds is 2. The lowest BCUT2D eigenvalue weighted by atomic mass is 10.1. The second-order valence-corrected chi connectivity index (χ2v) is 3.77. The molecule has 78 valence electrons. The van der Waals surface area contributed by atoms with E-state index >= 15 is 0 Å². The Kier molecular flexibility index (Phi) is 2.18. The molecule has 2 heteroatoms. The number of benzene rings is 1. The SMILES string of the molecule is c1ccc(Cc2ccnc3ccoc23)cc1. The Morgan fingerprint density at radius 2 is 1.88 bits per heavy atom. The molecule has 0 bridgehead atoms. The molecular weight excluding hydrogens is 198 g/mol. The fraction of sp³-hybridized carbons (Fsp3) is 0.0714. The third-order valence-corrected chi connectivity index (χ3v) is 2.66. The molecule has 0 aliphatic rings. The van der Waals surface area contributed by atoms with Gasteiger partial charge in [-0.25, -0.2) is 0 Å². The average Bonchev–Trinajstić information content (AvgIpc) is 2.80. The summed E-state index contributed by atoms with van der Waals surface area (Å²) >= 11 is 0. The van der Waals surface area contributed by atoms with Crippen LogP contribution in [0.2, 0.25) is 0 Å². The summed E-state index contributed by atoms with van der Waals surface area (Å²) in [6, 6.07) is 14.3. The van der Waals surface area contributed by atoms with Crippen molar-refractivity contribution in [2.75, 3.05) is 0 Å². The maximum absolute atomic E-state index is 5.46. The highest BCUT2D eigenvalue weighted by Crippen LogP contribution is 2.20. The number of hydrogen-bond donors (Lipinski definition) is 0. The van der Waals surface area contributed by atoms with E-state index in [1.807, 2.05) is 24.4 Å². The highest BCUT2D eigenvalue weighted by Gasteiger charge is 2.05. The molecule has 0 fully saturated rings. The van der Waals surface area contributed by atoms with Crippen molar-refractivity contribution in [3.63, 3.8) is 0 Å². The van der Waals surface area contributed by atoms with Crippen molar-refractivity contribution in [2.24, 2.45) is 0 Å². The van der Waals surface area contributed by atoms with Crippen LogP contribution in [0.15, 0.2) is 59.3 Å². The van der Waals surface area contributed by atoms with Gasteiger partial charge < -0.3 is 4.42 Å². The highest BCUT2D eigenvalue weighted by molar-refractivity contribution is 5.76. The molecule has 0 saturated carbocycles. The molecule has 16 heavy (non-hydrogen) atoms. The maximum atomic E-state index is 5.46. The fourth-order valence-electron chi connectivity index (χ4n) is 1.88. The minimum absolute atomic E-state index is 0.882. The molecule has 0 radical (unpaired) electrons. The zero-order valence-corrected chi connectivity index (χ0v) is 8.76. The normalized spacial score (nSPS) is 10.8. The van der Waals surface area contributed by atoms with Gasteiger partial charge in [0.2, 0.25) is 0 Å². The zero-order valence-electron chi connectivity index (χ0n) is 8.76. The van der Waals surface area contributed by atoms with Crippen molar-refractivity contribution < 1.29 is 4.42 Å². The Balaban J connectivity index is 2.04. The number of furan rings is 1. The van der Waals surface area contributed by atoms with Crippen molar-refractivity contribution in [2.45, 2.75) is 6.42 Å². The van der Waals surface area contributed by atoms with E-state index in [9.17, 15) is 0 Å². The zero-order chi connectivity index (χ0) is 10.8. The Labute approximate surface area is 93.5 Å². The second-order valence-electron chi connectivity index (χ2n) is 3.77. The fourth-order valence-corrected chi connectivity index (χ4v) is 1.88. The summed E-state index contributed by atoms with van der Waals surface area (Å²) in [5.74, 6) is 0. The van der Waals surface area contributed by atoms with Crippen LogP contribution in [0.1, 0.15) is 11.1 Å². The van der Waals surface area contributed by atoms with E-state index in [4.69, 9.17) is 4.42 Å². The van der Waals surface area contributed by atoms with Crippen LogP contribution in [-0.2, 0) is 6.42 Å². The van der Waals surface area contributed by atoms with E-state index in [0.717, 1.165) is 17.5 Å². The molecule has 1 aromatic carbocycles. The first kappa shape index (κ1) is 9.16. The number of pyridine rings is 1. The van der Waals surface area contributed by atoms with Crippen molar-refractivity contribution in [3.05, 3.63) is 66.1 Å². The molecule has 0 atom stereocenters. The molecule has 0 unspecified atom stereocenters. The molecule has 0 aliphatic heterocycles. The largest absolute Gasteiger partial charge is 0.462 e. The van der Waals surface area contributed by atoms with Crippen molar-refractivity contribution in [1.29, 1.82) is 0 Å². The van der Waals surface area contributed by atoms with Crippen LogP contribution >= 0.6 is 0 Å². The van der Waals surface area contributed by atoms with Crippen molar-refractivity contribution in [3.8, 4) is 0 Å². The number of aromatic nitrogens is 1. The molecule has 2 heterocycles. The standard InChI is InChI=1S/C14H11NO/c1-2-4-11(5-3-1)10-12-6-8-15-13-7-9-16-14(12)13/h1-9H,10H2. The summed E-state index contributed by atoms with van der Waals surface area (Å²) in [5.41, 5.74) is 4.28. The molecule has 3 rings (SSSR count). The monoisotopic (exact) mass is 209 g/mol. The second kappa shape index (κ2) is 3.81. The first-order valence-corrected chi connectivity index (χ1v) is 5.28. The molecule has 0 N–H and O–H groups in total. The van der Waals surface area contributed by atoms with Gasteiger partial charge in [-0.2, -0.15) is 0 Å². The molecule has 2 aromatic heterocycles. The van der Waals surface area contributed by atoms with Crippen molar-refractivity contribution >= 4 is 11.1 Å². The van der Waals surface area contributed by atoms with Crippen LogP contribution < -0.4 is 0 Å². The first-order valence-electron chi connectivity index (χ1n) is 5.28. The van der Waals surface area contributed by atoms with Gasteiger partial charge in [0.1, 0.15) is 5.52 Å². The van der Waals surface area contributed by atoms with Gasteiger partial charge >= 0.3 is 0 Å². The summed E-state index contributed by atoms with van der Waals surface area (Å²) in [4.78, 5) is 4.25. The first-order chi connectivity index (χ1) is 7.93. The lowest BCUT2D eigenvalue weighted by Crippen LogP contribution is -1.89. The lowest BCUT2D eigenvalue weighted by Gasteiger charge is -2.01. The molecular formula is C14H11NO. The van der Waals surface area contributed by atoms with Gasteiger partial charge in [0, 0.05) is 24.2 Å². The van der Waals surface area contributed by atoms with Crippen LogP contribution in [-0.4, -0.2) is 4.98 Å². The average molecular weight is 209 g/mol. The third-order valence-electron chi connectivity index (χ3n) is 2.66. The van der Waals surface area contributed by atoms with Gasteiger partial charge in [0.25, 0.3) is 0 Å². The molecule has 3 aromatic rings. The van der Waals surface area contributed by atoms with E-state index in [0.29, 0.717) is 0 Å². The molecule has 2 nitrogen and oxygen atoms in total. The Bertz CT molecular complexity index is 598. The third kappa shape index (κ3) is 1.58. The number of nitrogens with zero attached hydrogens (tertiary/aromatic N) is 1. The highest BCUT2D eigenvalue weighted by atomic mass is 16.3. The summed E-state index contributed by atoms with van der Waals surface area (Å²) in [5, 5.41) is 0. The topological polar surface area (TPSA) is 26.0 Å². The van der Waals surface area contributed by atoms with Crippen molar-refractivity contribution in [1.82, 2.24) is 4.98 Å². The van der Waals surface area contributed by atoms with Crippen LogP contribution in [0.5, 0.6) is 0 Å². The van der Waals surface area contributed by atoms with Crippen LogP contribution in [0.4, 0.5) is 0 Å². The quantitative estimate of drug-likeness (QED) is 0.646. The lowest BCUT2D eigenvalue weighted by molar-refractivity contribution is 0.611. The summed E-state index contributed by atoms with van der Waals surface area (Å²) in [7, 11) is 0. The molecule has 0 aliphatic carbocycles. The Morgan fingerprint density at radius 1 is 1.00 bits per heavy atom. The van der Waals surface area contributed by atoms with Crippen LogP contribution in [0, 0.1) is 0 Å². The number of hydrogen-bond acceptors (Lipinski definition) is 2. The van der Waals surface area contributed by atoms with Gasteiger partial charge in [-0.05, 0) is 11.6 Å². The minimum atomic E-state index is 0.882.